The standard InChI is InChI=1S/C40H51ClN2O9S.C40H53ClN2O9S.C31H38ClN3O3S/c1-2-43(21-7-3-4-8-27(45)23-32-37(46)38(47)36(25-44)52-39(32)48)53(49,50)29-13-14-34(41)26(22-29)15-17-40(18-19-40)33-24-42-20-16-30(33)31-9-5-6-10-35(31)51-28-11-12-28;1-2-43(21-7-3-4-8-29(46)22-28(25-44)38(48)39(49)36(47)26-45)53(50,51)31-13-14-35(41)27(23-31)15-17-40(18-19-40)34-24-42-20-16-32(34)33-9-5-6-10-37(33)52-30-11-12-30;1-2-35(20-6-5-18-33)39(36,37)25-11-12-29(32)23(21-25)13-15-31(16-17-31)28-22-34-19-14-26(28)27-7-3-4-8-30(27)38-24-9-10-24/h5-6,9-10,13-14,16,20,22,24,28,32,36-39,44,46-48H,2-4,7-8,11-12,15,17-19,21,23,25H2,1H3;5-6,9-10,13-14,16,20,23-24,28,30,36,38-39,44-45,47-49H,2-4,7-8,11-12,15,17-19,21-22,25-26H2,1H3;3-4,7-8,11-12,14,19,21-22,24H,2,5-6,9-10,13,15-18,20,33H2,1H3/t32-,36-,37-,38-,39-;28-,36+,38+,39+;/m10./s1. The fourth-order valence-corrected chi connectivity index (χ4v) is 25.0. The number of rotatable bonds is 56. The molecule has 28 nitrogen and oxygen atoms in total. The molecule has 0 radical (unpaired) electrons. The van der Waals surface area contributed by atoms with Crippen LogP contribution in [0.1, 0.15) is 228 Å². The van der Waals surface area contributed by atoms with Crippen LogP contribution in [-0.2, 0) is 79.9 Å². The summed E-state index contributed by atoms with van der Waals surface area (Å²) in [6, 6.07) is 45.7. The van der Waals surface area contributed by atoms with Crippen molar-refractivity contribution in [1.29, 1.82) is 0 Å². The van der Waals surface area contributed by atoms with E-state index in [0.717, 1.165) is 176 Å². The quantitative estimate of drug-likeness (QED) is 0.0158. The van der Waals surface area contributed by atoms with Gasteiger partial charge in [-0.2, -0.15) is 12.9 Å². The lowest BCUT2D eigenvalue weighted by Crippen LogP contribution is -2.56. The van der Waals surface area contributed by atoms with E-state index in [0.29, 0.717) is 103 Å². The summed E-state index contributed by atoms with van der Waals surface area (Å²) in [6.45, 7) is 6.10. The largest absolute Gasteiger partial charge is 0.490 e. The number of hydrogen-bond acceptors (Lipinski definition) is 25. The second-order valence-electron chi connectivity index (χ2n) is 40.0. The maximum absolute atomic E-state index is 13.8. The summed E-state index contributed by atoms with van der Waals surface area (Å²) in [5.41, 5.74) is 18.1. The number of nitrogens with zero attached hydrogens (tertiary/aromatic N) is 6. The minimum atomic E-state index is -3.82. The van der Waals surface area contributed by atoms with Gasteiger partial charge in [0.2, 0.25) is 30.1 Å². The van der Waals surface area contributed by atoms with E-state index in [4.69, 9.17) is 64.6 Å². The van der Waals surface area contributed by atoms with Crippen LogP contribution in [0.2, 0.25) is 15.1 Å². The van der Waals surface area contributed by atoms with Gasteiger partial charge in [-0.15, -0.1) is 0 Å². The smallest absolute Gasteiger partial charge is 0.243 e. The van der Waals surface area contributed by atoms with Crippen molar-refractivity contribution in [2.45, 2.75) is 306 Å². The average Bonchev–Trinajstić information content (AvgIpc) is 1.60. The molecule has 6 aliphatic carbocycles. The summed E-state index contributed by atoms with van der Waals surface area (Å²) in [5.74, 6) is 0.274. The molecule has 0 bridgehead atoms. The molecule has 0 spiro atoms. The van der Waals surface area contributed by atoms with Crippen LogP contribution in [-0.4, -0.2) is 238 Å². The summed E-state index contributed by atoms with van der Waals surface area (Å²) >= 11 is 20.0. The predicted molar refractivity (Wildman–Crippen MR) is 559 cm³/mol. The Bertz CT molecular complexity index is 6180. The van der Waals surface area contributed by atoms with E-state index < -0.39 is 105 Å². The van der Waals surface area contributed by atoms with Gasteiger partial charge in [-0.25, -0.2) is 25.3 Å². The number of carbonyl (C=O) groups excluding carboxylic acids is 2. The number of hydrogen-bond donors (Lipinski definition) is 10. The molecule has 34 heteroatoms. The number of pyridine rings is 3. The van der Waals surface area contributed by atoms with E-state index in [1.165, 1.54) is 29.6 Å². The van der Waals surface area contributed by atoms with Gasteiger partial charge in [-0.1, -0.05) is 123 Å². The Hall–Kier alpha value is -8.33. The molecule has 1 saturated heterocycles. The van der Waals surface area contributed by atoms with Crippen LogP contribution in [0, 0.1) is 11.8 Å². The number of ketones is 2. The number of halogens is 3. The number of para-hydroxylation sites is 3. The molecule has 11 N–H and O–H groups in total. The van der Waals surface area contributed by atoms with Crippen molar-refractivity contribution >= 4 is 76.4 Å². The van der Waals surface area contributed by atoms with Gasteiger partial charge < -0.3 is 70.6 Å². The van der Waals surface area contributed by atoms with Crippen LogP contribution in [0.25, 0.3) is 33.4 Å². The van der Waals surface area contributed by atoms with Crippen molar-refractivity contribution in [2.75, 3.05) is 65.6 Å². The van der Waals surface area contributed by atoms with E-state index in [1.54, 1.807) is 68.4 Å². The summed E-state index contributed by atoms with van der Waals surface area (Å²) in [7, 11) is -11.2. The summed E-state index contributed by atoms with van der Waals surface area (Å²) in [5, 5.41) is 89.8. The molecule has 16 rings (SSSR count). The van der Waals surface area contributed by atoms with Crippen molar-refractivity contribution in [2.24, 2.45) is 17.6 Å². The highest BCUT2D eigenvalue weighted by molar-refractivity contribution is 7.89. The van der Waals surface area contributed by atoms with Crippen molar-refractivity contribution in [3.63, 3.8) is 0 Å². The van der Waals surface area contributed by atoms with Crippen LogP contribution < -0.4 is 19.9 Å². The van der Waals surface area contributed by atoms with Crippen LogP contribution in [0.3, 0.4) is 0 Å². The van der Waals surface area contributed by atoms with Gasteiger partial charge in [0.25, 0.3) is 0 Å². The number of ether oxygens (including phenoxy) is 4. The number of sulfonamides is 3. The topological polar surface area (TPSA) is 430 Å². The number of aryl methyl sites for hydroxylation is 3. The molecule has 786 valence electrons. The highest BCUT2D eigenvalue weighted by atomic mass is 35.5. The van der Waals surface area contributed by atoms with Crippen LogP contribution in [0.5, 0.6) is 17.2 Å². The Labute approximate surface area is 868 Å². The number of aromatic nitrogens is 3. The van der Waals surface area contributed by atoms with Crippen molar-refractivity contribution < 1.29 is 99.7 Å². The van der Waals surface area contributed by atoms with E-state index in [9.17, 15) is 75.7 Å². The maximum atomic E-state index is 13.8. The molecule has 6 aromatic carbocycles. The molecular formula is C111H142Cl3N7O21S3. The first-order valence-corrected chi connectivity index (χ1v) is 57.0. The number of Topliss-reactive ketones (excluding diaryl/α,β-unsaturated/α-hetero) is 2. The second kappa shape index (κ2) is 51.5. The van der Waals surface area contributed by atoms with Gasteiger partial charge in [-0.3, -0.25) is 24.5 Å². The number of nitrogens with two attached hydrogens (primary N) is 1. The number of carbonyl (C=O) groups is 2. The number of benzene rings is 6. The molecule has 0 unspecified atom stereocenters. The van der Waals surface area contributed by atoms with Crippen LogP contribution in [0.4, 0.5) is 0 Å². The van der Waals surface area contributed by atoms with E-state index in [-0.39, 0.29) is 102 Å². The fourth-order valence-electron chi connectivity index (χ4n) is 19.7. The minimum Gasteiger partial charge on any atom is -0.490 e. The molecule has 4 heterocycles. The van der Waals surface area contributed by atoms with Crippen molar-refractivity contribution in [3.8, 4) is 50.6 Å². The summed E-state index contributed by atoms with van der Waals surface area (Å²) in [6.07, 6.45) is 23.8. The SMILES string of the molecule is CCN(CCCCCC(=O)C[C@@H](CO)[C@@H](O)[C@H](O)[C@H](O)CO)S(=O)(=O)c1ccc(Cl)c(CCC2(c3cnccc3-c3ccccc3OC3CC3)CC2)c1.CCN(CCCCCC(=O)C[C@@H]1[C@@H](O)[C@H](O)[C@@H](CO)O[C@H]1O)S(=O)(=O)c1ccc(Cl)c(CCC2(c3cnccc3-c3ccccc3OC3CC3)CC2)c1.CCN(CCCCN)S(=O)(=O)c1ccc(Cl)c(CCC2(c3cnccc3-c3ccccc3OC3CC3)CC2)c1. The lowest BCUT2D eigenvalue weighted by Gasteiger charge is -2.39. The Balaban J connectivity index is 0.000000174. The molecule has 1 aliphatic heterocycles. The lowest BCUT2D eigenvalue weighted by atomic mass is 9.85. The van der Waals surface area contributed by atoms with E-state index >= 15 is 0 Å². The molecule has 7 fully saturated rings. The van der Waals surface area contributed by atoms with Gasteiger partial charge in [-0.05, 0) is 318 Å². The lowest BCUT2D eigenvalue weighted by molar-refractivity contribution is -0.269. The van der Waals surface area contributed by atoms with Gasteiger partial charge in [0.15, 0.2) is 6.29 Å². The van der Waals surface area contributed by atoms with Gasteiger partial charge in [0.1, 0.15) is 53.2 Å². The van der Waals surface area contributed by atoms with E-state index in [2.05, 4.69) is 63.5 Å². The first kappa shape index (κ1) is 112. The molecule has 7 aliphatic rings. The summed E-state index contributed by atoms with van der Waals surface area (Å²) in [4.78, 5) is 39.3. The Morgan fingerprint density at radius 2 is 0.800 bits per heavy atom. The monoisotopic (exact) mass is 2110 g/mol. The molecule has 0 amide bonds. The third-order valence-corrected chi connectivity index (χ3v) is 36.6. The molecule has 145 heavy (non-hydrogen) atoms. The number of aliphatic hydroxyl groups excluding tert-OH is 9. The number of unbranched alkanes of at least 4 members (excludes halogenated alkanes) is 5. The maximum Gasteiger partial charge on any atom is 0.243 e. The molecule has 9 atom stereocenters. The Morgan fingerprint density at radius 1 is 0.448 bits per heavy atom. The second-order valence-corrected chi connectivity index (χ2v) is 47.0. The highest BCUT2D eigenvalue weighted by Crippen LogP contribution is 2.59. The van der Waals surface area contributed by atoms with Crippen molar-refractivity contribution in [3.05, 3.63) is 231 Å². The summed E-state index contributed by atoms with van der Waals surface area (Å²) < 4.78 is 110. The zero-order valence-corrected chi connectivity index (χ0v) is 87.8. The molecule has 9 aromatic rings. The minimum absolute atomic E-state index is 0.00777. The zero-order chi connectivity index (χ0) is 103. The highest BCUT2D eigenvalue weighted by Gasteiger charge is 2.50. The average molecular weight is 2110 g/mol. The first-order valence-electron chi connectivity index (χ1n) is 51.6. The first-order chi connectivity index (χ1) is 69.8. The normalized spacial score (nSPS) is 19.6. The third kappa shape index (κ3) is 28.9. The van der Waals surface area contributed by atoms with Gasteiger partial charge in [0, 0.05) is 152 Å². The van der Waals surface area contributed by atoms with Crippen LogP contribution in [0.15, 0.2) is 197 Å². The third-order valence-electron chi connectivity index (χ3n) is 29.6. The molecular weight excluding hydrogens is 1970 g/mol. The molecule has 6 saturated carbocycles. The fraction of sp³-hybridized carbons (Fsp3) is 0.523. The Morgan fingerprint density at radius 3 is 1.12 bits per heavy atom. The zero-order valence-electron chi connectivity index (χ0n) is 83.1. The van der Waals surface area contributed by atoms with Crippen molar-refractivity contribution in [1.82, 2.24) is 27.9 Å². The van der Waals surface area contributed by atoms with Gasteiger partial charge >= 0.3 is 0 Å². The Kier molecular flexibility index (Phi) is 39.9. The van der Waals surface area contributed by atoms with Gasteiger partial charge in [0.05, 0.1) is 58.4 Å². The van der Waals surface area contributed by atoms with Crippen LogP contribution >= 0.6 is 34.8 Å². The number of aliphatic hydroxyl groups is 9. The predicted octanol–water partition coefficient (Wildman–Crippen LogP) is 16.4. The molecule has 3 aromatic heterocycles. The van der Waals surface area contributed by atoms with E-state index in [1.807, 2.05) is 86.6 Å².